The van der Waals surface area contributed by atoms with Gasteiger partial charge in [-0.05, 0) is 6.42 Å². The summed E-state index contributed by atoms with van der Waals surface area (Å²) in [7, 11) is -1.88. The fraction of sp³-hybridized carbons (Fsp3) is 1.00. The van der Waals surface area contributed by atoms with Crippen LogP contribution in [0.15, 0.2) is 0 Å². The molecule has 0 aliphatic rings. The van der Waals surface area contributed by atoms with Crippen LogP contribution in [0.1, 0.15) is 19.8 Å². The maximum absolute atomic E-state index is 10.1. The summed E-state index contributed by atoms with van der Waals surface area (Å²) in [6, 6.07) is 0. The zero-order valence-corrected chi connectivity index (χ0v) is 12.5. The van der Waals surface area contributed by atoms with Gasteiger partial charge in [-0.3, -0.25) is 9.05 Å². The van der Waals surface area contributed by atoms with Crippen LogP contribution in [0, 0.1) is 0 Å². The molecule has 6 heteroatoms. The predicted molar refractivity (Wildman–Crippen MR) is 68.3 cm³/mol. The molecule has 0 bridgehead atoms. The first-order valence-electron chi connectivity index (χ1n) is 4.93. The third-order valence-electron chi connectivity index (χ3n) is 1.64. The van der Waals surface area contributed by atoms with Gasteiger partial charge >= 0.3 is 7.82 Å². The first kappa shape index (κ1) is 17.9. The van der Waals surface area contributed by atoms with Gasteiger partial charge in [0.05, 0.1) is 6.16 Å². The highest BCUT2D eigenvalue weighted by atomic mass is 31.2. The molecule has 15 heavy (non-hydrogen) atoms. The molecular weight excluding hydrogens is 234 g/mol. The molecule has 1 N–H and O–H groups in total. The van der Waals surface area contributed by atoms with Crippen molar-refractivity contribution in [1.29, 1.82) is 0 Å². The molecule has 0 unspecified atom stereocenters. The highest BCUT2D eigenvalue weighted by Crippen LogP contribution is 2.46. The first-order valence-corrected chi connectivity index (χ1v) is 9.74. The molecule has 0 radical (unpaired) electrons. The largest absolute Gasteiger partial charge is 0.471 e. The summed E-state index contributed by atoms with van der Waals surface area (Å²) in [4.78, 5) is 8.24. The molecule has 4 nitrogen and oxygen atoms in total. The van der Waals surface area contributed by atoms with E-state index in [0.717, 1.165) is 14.2 Å². The van der Waals surface area contributed by atoms with Crippen LogP contribution in [-0.4, -0.2) is 45.3 Å². The smallest absolute Gasteiger partial charge is 0.303 e. The molecule has 0 aromatic rings. The Morgan fingerprint density at radius 2 is 1.60 bits per heavy atom. The van der Waals surface area contributed by atoms with Crippen LogP contribution in [0.4, 0.5) is 0 Å². The van der Waals surface area contributed by atoms with Gasteiger partial charge in [-0.15, -0.1) is 0 Å². The second-order valence-electron chi connectivity index (χ2n) is 4.20. The third kappa shape index (κ3) is 17.2. The van der Waals surface area contributed by atoms with Gasteiger partial charge in [-0.1, -0.05) is 13.3 Å². The minimum absolute atomic E-state index is 0.432. The summed E-state index contributed by atoms with van der Waals surface area (Å²) in [5, 5.41) is 0. The van der Waals surface area contributed by atoms with Crippen LogP contribution in [0.5, 0.6) is 0 Å². The lowest BCUT2D eigenvalue weighted by Crippen LogP contribution is -1.90. The number of hydrogen-bond donors (Lipinski definition) is 1. The SMILES string of the molecule is CCCC[P+](C)(C)C.COP(=O)(O)OC. The van der Waals surface area contributed by atoms with Crippen LogP contribution in [0.3, 0.4) is 0 Å². The van der Waals surface area contributed by atoms with Crippen molar-refractivity contribution >= 4 is 15.1 Å². The average molecular weight is 259 g/mol. The minimum atomic E-state index is -3.65. The van der Waals surface area contributed by atoms with E-state index in [2.05, 4.69) is 36.0 Å². The molecule has 0 saturated carbocycles. The van der Waals surface area contributed by atoms with Crippen LogP contribution < -0.4 is 0 Å². The molecule has 0 aliphatic carbocycles. The zero-order valence-electron chi connectivity index (χ0n) is 10.7. The Balaban J connectivity index is 0. The van der Waals surface area contributed by atoms with Gasteiger partial charge in [0.1, 0.15) is 0 Å². The van der Waals surface area contributed by atoms with E-state index in [1.165, 1.54) is 19.0 Å². The Hall–Kier alpha value is 0.540. The Bertz CT molecular complexity index is 181. The molecule has 0 aromatic carbocycles. The van der Waals surface area contributed by atoms with E-state index in [1.54, 1.807) is 0 Å². The highest BCUT2D eigenvalue weighted by molar-refractivity contribution is 7.73. The van der Waals surface area contributed by atoms with E-state index >= 15 is 0 Å². The molecule has 0 amide bonds. The monoisotopic (exact) mass is 259 g/mol. The lowest BCUT2D eigenvalue weighted by molar-refractivity contribution is 0.204. The molecule has 0 heterocycles. The Kier molecular flexibility index (Phi) is 10.4. The van der Waals surface area contributed by atoms with Crippen molar-refractivity contribution in [2.24, 2.45) is 0 Å². The standard InChI is InChI=1S/C7H18P.C2H7O4P/c1-5-6-7-8(2,3)4;1-5-7(3,4)6-2/h5-7H2,1-4H3;1-2H3,(H,3,4)/q+1;. The molecule has 0 aromatic heterocycles. The van der Waals surface area contributed by atoms with Gasteiger partial charge in [0.15, 0.2) is 0 Å². The third-order valence-corrected chi connectivity index (χ3v) is 4.22. The van der Waals surface area contributed by atoms with Crippen LogP contribution >= 0.6 is 15.1 Å². The van der Waals surface area contributed by atoms with Crippen molar-refractivity contribution in [1.82, 2.24) is 0 Å². The van der Waals surface area contributed by atoms with Crippen molar-refractivity contribution in [3.63, 3.8) is 0 Å². The molecule has 0 fully saturated rings. The van der Waals surface area contributed by atoms with Gasteiger partial charge in [-0.25, -0.2) is 4.57 Å². The van der Waals surface area contributed by atoms with Crippen molar-refractivity contribution in [3.8, 4) is 0 Å². The predicted octanol–water partition coefficient (Wildman–Crippen LogP) is 3.07. The second kappa shape index (κ2) is 8.66. The van der Waals surface area contributed by atoms with E-state index in [0.29, 0.717) is 0 Å². The topological polar surface area (TPSA) is 55.8 Å². The summed E-state index contributed by atoms with van der Waals surface area (Å²) >= 11 is 0. The quantitative estimate of drug-likeness (QED) is 0.771. The lowest BCUT2D eigenvalue weighted by Gasteiger charge is -2.09. The van der Waals surface area contributed by atoms with E-state index in [9.17, 15) is 4.57 Å². The van der Waals surface area contributed by atoms with Crippen molar-refractivity contribution in [2.75, 3.05) is 40.4 Å². The van der Waals surface area contributed by atoms with Crippen LogP contribution in [0.25, 0.3) is 0 Å². The number of phosphoric ester groups is 1. The van der Waals surface area contributed by atoms with Crippen molar-refractivity contribution in [2.45, 2.75) is 19.8 Å². The highest BCUT2D eigenvalue weighted by Gasteiger charge is 2.14. The summed E-state index contributed by atoms with van der Waals surface area (Å²) in [6.07, 6.45) is 4.26. The number of rotatable bonds is 5. The normalized spacial score (nSPS) is 11.9. The number of hydrogen-bond acceptors (Lipinski definition) is 3. The Morgan fingerprint density at radius 1 is 1.20 bits per heavy atom. The van der Waals surface area contributed by atoms with E-state index in [1.807, 2.05) is 0 Å². The summed E-state index contributed by atoms with van der Waals surface area (Å²) in [5.41, 5.74) is 0. The molecular formula is C9H25O4P2+. The van der Waals surface area contributed by atoms with Gasteiger partial charge in [0.25, 0.3) is 0 Å². The average Bonchev–Trinajstić information content (AvgIpc) is 2.15. The second-order valence-corrected chi connectivity index (χ2v) is 10.9. The van der Waals surface area contributed by atoms with E-state index in [4.69, 9.17) is 4.89 Å². The molecule has 0 rings (SSSR count). The fourth-order valence-corrected chi connectivity index (χ4v) is 2.12. The molecule has 0 saturated heterocycles. The Morgan fingerprint density at radius 3 is 1.67 bits per heavy atom. The van der Waals surface area contributed by atoms with E-state index < -0.39 is 15.1 Å². The molecule has 0 spiro atoms. The maximum Gasteiger partial charge on any atom is 0.471 e. The van der Waals surface area contributed by atoms with Gasteiger partial charge in [-0.2, -0.15) is 0 Å². The summed E-state index contributed by atoms with van der Waals surface area (Å²) in [5.74, 6) is 0. The maximum atomic E-state index is 10.1. The van der Waals surface area contributed by atoms with Gasteiger partial charge < -0.3 is 4.89 Å². The molecule has 0 atom stereocenters. The van der Waals surface area contributed by atoms with Crippen LogP contribution in [-0.2, 0) is 13.6 Å². The summed E-state index contributed by atoms with van der Waals surface area (Å²) in [6.45, 7) is 9.48. The van der Waals surface area contributed by atoms with Crippen molar-refractivity contribution in [3.05, 3.63) is 0 Å². The zero-order chi connectivity index (χ0) is 12.5. The Labute approximate surface area is 94.3 Å². The number of unbranched alkanes of at least 4 members (excludes halogenated alkanes) is 1. The van der Waals surface area contributed by atoms with E-state index in [-0.39, 0.29) is 0 Å². The fourth-order valence-electron chi connectivity index (χ4n) is 0.707. The van der Waals surface area contributed by atoms with Crippen molar-refractivity contribution < 1.29 is 18.5 Å². The molecule has 0 aliphatic heterocycles. The first-order chi connectivity index (χ1) is 6.68. The summed E-state index contributed by atoms with van der Waals surface area (Å²) < 4.78 is 18.0. The molecule has 94 valence electrons. The van der Waals surface area contributed by atoms with Crippen LogP contribution in [0.2, 0.25) is 0 Å². The van der Waals surface area contributed by atoms with Gasteiger partial charge in [0.2, 0.25) is 0 Å². The number of phosphoric acid groups is 1. The van der Waals surface area contributed by atoms with Gasteiger partial charge in [0, 0.05) is 41.5 Å². The minimum Gasteiger partial charge on any atom is -0.303 e. The lowest BCUT2D eigenvalue weighted by atomic mass is 10.4.